The minimum absolute atomic E-state index is 0.0113. The van der Waals surface area contributed by atoms with Crippen LogP contribution in [0.2, 0.25) is 0 Å². The molecule has 4 unspecified atom stereocenters. The number of nitrogens with zero attached hydrogens (tertiary/aromatic N) is 2. The molecule has 0 aliphatic carbocycles. The smallest absolute Gasteiger partial charge is 0.308 e. The van der Waals surface area contributed by atoms with E-state index in [0.29, 0.717) is 39.5 Å². The summed E-state index contributed by atoms with van der Waals surface area (Å²) in [5.41, 5.74) is 0. The van der Waals surface area contributed by atoms with Crippen LogP contribution in [0.25, 0.3) is 0 Å². The number of ether oxygens (including phenoxy) is 4. The first-order valence-electron chi connectivity index (χ1n) is 48.6. The number of carbonyl (C=O) groups excluding carboxylic acids is 6. The molecule has 650 valence electrons. The van der Waals surface area contributed by atoms with Gasteiger partial charge < -0.3 is 39.4 Å². The van der Waals surface area contributed by atoms with E-state index in [-0.39, 0.29) is 72.2 Å². The van der Waals surface area contributed by atoms with Gasteiger partial charge in [0.2, 0.25) is 11.8 Å². The topological polar surface area (TPSA) is 170 Å². The number of unbranched alkanes of at least 4 members (excludes halogenated alkanes) is 44. The van der Waals surface area contributed by atoms with E-state index >= 15 is 0 Å². The molecule has 2 N–H and O–H groups in total. The van der Waals surface area contributed by atoms with Gasteiger partial charge in [-0.05, 0) is 129 Å². The molecule has 0 aromatic carbocycles. The first-order valence-corrected chi connectivity index (χ1v) is 48.6. The summed E-state index contributed by atoms with van der Waals surface area (Å²) in [7, 11) is 0. The van der Waals surface area contributed by atoms with Crippen molar-refractivity contribution in [1.29, 1.82) is 0 Å². The molecule has 14 heteroatoms. The molecule has 0 aromatic heterocycles. The molecule has 0 radical (unpaired) electrons. The van der Waals surface area contributed by atoms with Gasteiger partial charge >= 0.3 is 23.9 Å². The summed E-state index contributed by atoms with van der Waals surface area (Å²) in [6.45, 7) is 26.1. The lowest BCUT2D eigenvalue weighted by atomic mass is 9.94. The quantitative estimate of drug-likeness (QED) is 0.0336. The van der Waals surface area contributed by atoms with E-state index in [1.54, 1.807) is 0 Å². The molecule has 0 saturated carbocycles. The molecule has 0 spiro atoms. The number of amides is 2. The van der Waals surface area contributed by atoms with Crippen molar-refractivity contribution < 1.29 is 47.7 Å². The maximum absolute atomic E-state index is 13.4. The minimum Gasteiger partial charge on any atom is -0.465 e. The van der Waals surface area contributed by atoms with Crippen molar-refractivity contribution in [3.8, 4) is 0 Å². The Balaban J connectivity index is 5.69. The van der Waals surface area contributed by atoms with E-state index in [1.165, 1.54) is 205 Å². The Morgan fingerprint density at radius 1 is 0.209 bits per heavy atom. The molecule has 0 aliphatic rings. The standard InChI is InChI=1S/C96H186N4O10/c1-9-17-25-33-37-53-69-87(65-49-29-21-13-5)93(103)107-83-61-45-41-57-77-99(78-58-42-46-62-84-108-94(104)88(66-50-30-22-14-6)70-54-38-34-26-18-10-2)81-75-97-91(101)73-74-92(102)98-76-82-100(79-59-43-47-63-85-109-95(105)89(67-51-31-23-15-7)71-55-39-35-27-19-11-3)80-60-44-48-64-86-110-96(106)90(68-52-32-24-16-8)72-56-40-36-28-20-12-4/h87-90H,9-86H2,1-8H3,(H,97,101)(H,98,102). The minimum atomic E-state index is -0.105. The van der Waals surface area contributed by atoms with Crippen LogP contribution < -0.4 is 10.6 Å². The summed E-state index contributed by atoms with van der Waals surface area (Å²) >= 11 is 0. The first-order chi connectivity index (χ1) is 53.9. The maximum Gasteiger partial charge on any atom is 0.308 e. The van der Waals surface area contributed by atoms with E-state index < -0.39 is 0 Å². The maximum atomic E-state index is 13.4. The van der Waals surface area contributed by atoms with E-state index in [9.17, 15) is 28.8 Å². The molecule has 0 fully saturated rings. The second kappa shape index (κ2) is 85.1. The molecule has 0 bridgehead atoms. The summed E-state index contributed by atoms with van der Waals surface area (Å²) in [5.74, 6) is -0.0633. The number of hydrogen-bond donors (Lipinski definition) is 2. The summed E-state index contributed by atoms with van der Waals surface area (Å²) in [4.78, 5) is 85.1. The van der Waals surface area contributed by atoms with Gasteiger partial charge in [-0.2, -0.15) is 0 Å². The van der Waals surface area contributed by atoms with Gasteiger partial charge in [-0.1, -0.05) is 364 Å². The normalized spacial score (nSPS) is 12.7. The zero-order chi connectivity index (χ0) is 80.3. The first kappa shape index (κ1) is 107. The Kier molecular flexibility index (Phi) is 82.6. The van der Waals surface area contributed by atoms with Crippen LogP contribution in [-0.2, 0) is 47.7 Å². The lowest BCUT2D eigenvalue weighted by molar-refractivity contribution is -0.150. The molecule has 2 amide bonds. The zero-order valence-electron chi connectivity index (χ0n) is 74.4. The summed E-state index contributed by atoms with van der Waals surface area (Å²) < 4.78 is 23.8. The molecule has 0 aromatic rings. The van der Waals surface area contributed by atoms with Gasteiger partial charge in [0.05, 0.1) is 50.1 Å². The Morgan fingerprint density at radius 3 is 0.573 bits per heavy atom. The van der Waals surface area contributed by atoms with Gasteiger partial charge in [0.1, 0.15) is 0 Å². The number of esters is 4. The molecule has 0 rings (SSSR count). The molecule has 0 heterocycles. The Morgan fingerprint density at radius 2 is 0.373 bits per heavy atom. The third-order valence-electron chi connectivity index (χ3n) is 23.1. The van der Waals surface area contributed by atoms with Crippen LogP contribution in [0.4, 0.5) is 0 Å². The van der Waals surface area contributed by atoms with Gasteiger partial charge in [-0.15, -0.1) is 0 Å². The average molecular weight is 1560 g/mol. The summed E-state index contributed by atoms with van der Waals surface area (Å²) in [6.07, 6.45) is 72.1. The molecule has 4 atom stereocenters. The van der Waals surface area contributed by atoms with Gasteiger partial charge in [-0.25, -0.2) is 0 Å². The van der Waals surface area contributed by atoms with Crippen molar-refractivity contribution in [1.82, 2.24) is 20.4 Å². The highest BCUT2D eigenvalue weighted by Crippen LogP contribution is 2.26. The number of rotatable bonds is 89. The van der Waals surface area contributed by atoms with Gasteiger partial charge in [0.15, 0.2) is 0 Å². The van der Waals surface area contributed by atoms with Crippen molar-refractivity contribution in [2.24, 2.45) is 23.7 Å². The van der Waals surface area contributed by atoms with Crippen molar-refractivity contribution in [3.63, 3.8) is 0 Å². The number of carbonyl (C=O) groups is 6. The highest BCUT2D eigenvalue weighted by atomic mass is 16.5. The molecular weight excluding hydrogens is 1370 g/mol. The second-order valence-corrected chi connectivity index (χ2v) is 33.6. The lowest BCUT2D eigenvalue weighted by Gasteiger charge is -2.23. The van der Waals surface area contributed by atoms with E-state index in [4.69, 9.17) is 18.9 Å². The van der Waals surface area contributed by atoms with Crippen LogP contribution in [0, 0.1) is 23.7 Å². The predicted molar refractivity (Wildman–Crippen MR) is 467 cm³/mol. The van der Waals surface area contributed by atoms with Crippen LogP contribution >= 0.6 is 0 Å². The third kappa shape index (κ3) is 71.3. The highest BCUT2D eigenvalue weighted by Gasteiger charge is 2.24. The zero-order valence-corrected chi connectivity index (χ0v) is 74.4. The van der Waals surface area contributed by atoms with Gasteiger partial charge in [-0.3, -0.25) is 28.8 Å². The number of hydrogen-bond acceptors (Lipinski definition) is 12. The molecular formula is C96H186N4O10. The van der Waals surface area contributed by atoms with Crippen molar-refractivity contribution in [3.05, 3.63) is 0 Å². The predicted octanol–water partition coefficient (Wildman–Crippen LogP) is 26.4. The Bertz CT molecular complexity index is 1760. The SMILES string of the molecule is CCCCCCCCC(CCCCCC)C(=O)OCCCCCCN(CCCCCCOC(=O)C(CCCCCC)CCCCCCCC)CCNC(=O)CCC(=O)NCCN(CCCCCCOC(=O)C(CCCCCC)CCCCCCCC)CCCCCCOC(=O)C(CCCCCC)CCCCCCCC. The second-order valence-electron chi connectivity index (χ2n) is 33.6. The fourth-order valence-electron chi connectivity index (χ4n) is 15.6. The molecule has 0 saturated heterocycles. The average Bonchev–Trinajstić information content (AvgIpc) is 1.03. The Hall–Kier alpha value is -3.26. The van der Waals surface area contributed by atoms with Crippen molar-refractivity contribution >= 4 is 35.7 Å². The number of nitrogens with one attached hydrogen (secondary N) is 2. The fraction of sp³-hybridized carbons (Fsp3) is 0.938. The van der Waals surface area contributed by atoms with Gasteiger partial charge in [0, 0.05) is 39.0 Å². The van der Waals surface area contributed by atoms with Gasteiger partial charge in [0.25, 0.3) is 0 Å². The van der Waals surface area contributed by atoms with E-state index in [0.717, 1.165) is 245 Å². The monoisotopic (exact) mass is 1560 g/mol. The lowest BCUT2D eigenvalue weighted by Crippen LogP contribution is -2.37. The van der Waals surface area contributed by atoms with E-state index in [2.05, 4.69) is 75.8 Å². The largest absolute Gasteiger partial charge is 0.465 e. The highest BCUT2D eigenvalue weighted by molar-refractivity contribution is 5.83. The molecule has 110 heavy (non-hydrogen) atoms. The third-order valence-corrected chi connectivity index (χ3v) is 23.1. The van der Waals surface area contributed by atoms with E-state index in [1.807, 2.05) is 0 Å². The molecule has 0 aliphatic heterocycles. The van der Waals surface area contributed by atoms with Crippen LogP contribution in [0.3, 0.4) is 0 Å². The fourth-order valence-corrected chi connectivity index (χ4v) is 15.6. The summed E-state index contributed by atoms with van der Waals surface area (Å²) in [5, 5.41) is 6.29. The Labute approximate surface area is 681 Å². The van der Waals surface area contributed by atoms with Crippen molar-refractivity contribution in [2.45, 2.75) is 479 Å². The van der Waals surface area contributed by atoms with Crippen molar-refractivity contribution in [2.75, 3.05) is 78.8 Å². The van der Waals surface area contributed by atoms with Crippen LogP contribution in [-0.4, -0.2) is 124 Å². The molecule has 14 nitrogen and oxygen atoms in total. The van der Waals surface area contributed by atoms with Crippen LogP contribution in [0.1, 0.15) is 479 Å². The van der Waals surface area contributed by atoms with Crippen LogP contribution in [0.15, 0.2) is 0 Å². The van der Waals surface area contributed by atoms with Crippen LogP contribution in [0.5, 0.6) is 0 Å². The summed E-state index contributed by atoms with van der Waals surface area (Å²) in [6, 6.07) is 0.